The Hall–Kier alpha value is -1.54. The molecule has 0 radical (unpaired) electrons. The molecule has 3 N–H and O–H groups in total. The highest BCUT2D eigenvalue weighted by Gasteiger charge is 2.17. The lowest BCUT2D eigenvalue weighted by molar-refractivity contribution is -0.115. The van der Waals surface area contributed by atoms with Crippen LogP contribution < -0.4 is 11.2 Å². The van der Waals surface area contributed by atoms with Crippen molar-refractivity contribution in [3.8, 4) is 0 Å². The van der Waals surface area contributed by atoms with Gasteiger partial charge in [-0.25, -0.2) is 4.68 Å². The second-order valence-electron chi connectivity index (χ2n) is 3.78. The fraction of sp³-hybridized carbons (Fsp3) is 0.182. The van der Waals surface area contributed by atoms with E-state index in [1.807, 2.05) is 24.3 Å². The topological polar surface area (TPSA) is 85.8 Å². The minimum absolute atomic E-state index is 0.115. The van der Waals surface area contributed by atoms with E-state index in [1.54, 1.807) is 6.92 Å². The van der Waals surface area contributed by atoms with Gasteiger partial charge in [0.1, 0.15) is 6.33 Å². The molecule has 100 valence electrons. The maximum absolute atomic E-state index is 12.0. The van der Waals surface area contributed by atoms with Crippen molar-refractivity contribution in [3.05, 3.63) is 35.1 Å². The van der Waals surface area contributed by atoms with Gasteiger partial charge in [-0.05, 0) is 31.2 Å². The summed E-state index contributed by atoms with van der Waals surface area (Å²) in [6, 6.07) is 7.38. The maximum Gasteiger partial charge on any atom is 0.237 e. The van der Waals surface area contributed by atoms with Crippen LogP contribution in [-0.4, -0.2) is 26.0 Å². The van der Waals surface area contributed by atoms with Gasteiger partial charge in [0.2, 0.25) is 11.1 Å². The van der Waals surface area contributed by atoms with Crippen LogP contribution in [-0.2, 0) is 4.79 Å². The molecular weight excluding hydrogens is 330 g/mol. The second kappa shape index (κ2) is 6.07. The van der Waals surface area contributed by atoms with E-state index in [9.17, 15) is 4.79 Å². The van der Waals surface area contributed by atoms with Crippen LogP contribution in [0.1, 0.15) is 6.92 Å². The Bertz CT molecular complexity index is 571. The fourth-order valence-corrected chi connectivity index (χ4v) is 2.31. The van der Waals surface area contributed by atoms with Crippen LogP contribution >= 0.6 is 27.7 Å². The molecule has 19 heavy (non-hydrogen) atoms. The molecule has 0 aliphatic carbocycles. The molecule has 0 saturated heterocycles. The lowest BCUT2D eigenvalue weighted by Crippen LogP contribution is -2.23. The van der Waals surface area contributed by atoms with Crippen molar-refractivity contribution in [1.29, 1.82) is 0 Å². The highest BCUT2D eigenvalue weighted by Crippen LogP contribution is 2.21. The summed E-state index contributed by atoms with van der Waals surface area (Å²) in [5, 5.41) is 10.5. The smallest absolute Gasteiger partial charge is 0.237 e. The molecule has 0 bridgehead atoms. The first-order chi connectivity index (χ1) is 9.06. The van der Waals surface area contributed by atoms with E-state index in [4.69, 9.17) is 5.84 Å². The number of halogens is 1. The highest BCUT2D eigenvalue weighted by molar-refractivity contribution is 9.10. The predicted octanol–water partition coefficient (Wildman–Crippen LogP) is 1.87. The van der Waals surface area contributed by atoms with Crippen LogP contribution in [0.4, 0.5) is 5.69 Å². The number of nitrogen functional groups attached to an aromatic ring is 1. The molecule has 0 unspecified atom stereocenters. The first-order valence-electron chi connectivity index (χ1n) is 5.44. The third kappa shape index (κ3) is 3.71. The second-order valence-corrected chi connectivity index (χ2v) is 6.00. The summed E-state index contributed by atoms with van der Waals surface area (Å²) in [6.07, 6.45) is 1.39. The monoisotopic (exact) mass is 341 g/mol. The van der Waals surface area contributed by atoms with E-state index in [0.717, 1.165) is 10.2 Å². The van der Waals surface area contributed by atoms with Gasteiger partial charge < -0.3 is 11.2 Å². The summed E-state index contributed by atoms with van der Waals surface area (Å²) < 4.78 is 2.25. The molecule has 0 aliphatic heterocycles. The number of amides is 1. The van der Waals surface area contributed by atoms with Crippen molar-refractivity contribution in [2.45, 2.75) is 17.3 Å². The highest BCUT2D eigenvalue weighted by atomic mass is 79.9. The van der Waals surface area contributed by atoms with Gasteiger partial charge in [0, 0.05) is 10.2 Å². The molecule has 0 saturated carbocycles. The van der Waals surface area contributed by atoms with Crippen LogP contribution in [0.15, 0.2) is 40.2 Å². The zero-order valence-corrected chi connectivity index (χ0v) is 12.5. The molecule has 2 rings (SSSR count). The standard InChI is InChI=1S/C11H12BrN5OS/c1-7(19-11-16-14-6-17(11)13)10(18)15-9-4-2-8(12)3-5-9/h2-7H,13H2,1H3,(H,15,18)/t7-/m1/s1. The summed E-state index contributed by atoms with van der Waals surface area (Å²) in [4.78, 5) is 12.0. The number of hydrogen-bond donors (Lipinski definition) is 2. The number of rotatable bonds is 4. The molecule has 0 aliphatic rings. The maximum atomic E-state index is 12.0. The number of aromatic nitrogens is 3. The number of nitrogens with zero attached hydrogens (tertiary/aromatic N) is 3. The van der Waals surface area contributed by atoms with Crippen molar-refractivity contribution in [2.24, 2.45) is 0 Å². The predicted molar refractivity (Wildman–Crippen MR) is 78.3 cm³/mol. The third-order valence-electron chi connectivity index (χ3n) is 2.30. The van der Waals surface area contributed by atoms with E-state index in [1.165, 1.54) is 22.8 Å². The number of carbonyl (C=O) groups is 1. The normalized spacial score (nSPS) is 12.1. The van der Waals surface area contributed by atoms with Crippen LogP contribution in [0.5, 0.6) is 0 Å². The lowest BCUT2D eigenvalue weighted by atomic mass is 10.3. The third-order valence-corrected chi connectivity index (χ3v) is 3.90. The summed E-state index contributed by atoms with van der Waals surface area (Å²) in [6.45, 7) is 1.79. The van der Waals surface area contributed by atoms with Gasteiger partial charge in [0.05, 0.1) is 5.25 Å². The number of nitrogens with two attached hydrogens (primary N) is 1. The molecule has 6 nitrogen and oxygen atoms in total. The van der Waals surface area contributed by atoms with E-state index in [0.29, 0.717) is 5.16 Å². The molecular formula is C11H12BrN5OS. The van der Waals surface area contributed by atoms with Gasteiger partial charge in [-0.2, -0.15) is 0 Å². The van der Waals surface area contributed by atoms with Crippen LogP contribution in [0.25, 0.3) is 0 Å². The Morgan fingerprint density at radius 1 is 1.47 bits per heavy atom. The van der Waals surface area contributed by atoms with Crippen molar-refractivity contribution in [2.75, 3.05) is 11.2 Å². The lowest BCUT2D eigenvalue weighted by Gasteiger charge is -2.11. The van der Waals surface area contributed by atoms with Crippen molar-refractivity contribution >= 4 is 39.3 Å². The Balaban J connectivity index is 1.96. The summed E-state index contributed by atoms with van der Waals surface area (Å²) in [7, 11) is 0. The van der Waals surface area contributed by atoms with Gasteiger partial charge in [0.25, 0.3) is 0 Å². The zero-order chi connectivity index (χ0) is 13.8. The Labute approximate surface area is 122 Å². The molecule has 1 atom stereocenters. The van der Waals surface area contributed by atoms with Gasteiger partial charge in [0.15, 0.2) is 0 Å². The van der Waals surface area contributed by atoms with Gasteiger partial charge in [-0.3, -0.25) is 4.79 Å². The van der Waals surface area contributed by atoms with Gasteiger partial charge in [-0.1, -0.05) is 27.7 Å². The minimum atomic E-state index is -0.324. The molecule has 0 spiro atoms. The van der Waals surface area contributed by atoms with Crippen molar-refractivity contribution in [1.82, 2.24) is 14.9 Å². The van der Waals surface area contributed by atoms with E-state index < -0.39 is 0 Å². The Morgan fingerprint density at radius 2 is 2.16 bits per heavy atom. The fourth-order valence-electron chi connectivity index (χ4n) is 1.31. The molecule has 1 heterocycles. The van der Waals surface area contributed by atoms with Gasteiger partial charge >= 0.3 is 0 Å². The Morgan fingerprint density at radius 3 is 2.74 bits per heavy atom. The molecule has 2 aromatic rings. The molecule has 1 amide bonds. The van der Waals surface area contributed by atoms with Crippen LogP contribution in [0.2, 0.25) is 0 Å². The number of thioether (sulfide) groups is 1. The number of benzene rings is 1. The minimum Gasteiger partial charge on any atom is -0.336 e. The number of anilines is 1. The quantitative estimate of drug-likeness (QED) is 0.654. The molecule has 1 aromatic heterocycles. The SMILES string of the molecule is C[C@@H](Sc1nncn1N)C(=O)Nc1ccc(Br)cc1. The van der Waals surface area contributed by atoms with Gasteiger partial charge in [-0.15, -0.1) is 10.2 Å². The number of nitrogens with one attached hydrogen (secondary N) is 1. The summed E-state index contributed by atoms with van der Waals surface area (Å²) in [5.74, 6) is 5.48. The van der Waals surface area contributed by atoms with E-state index in [2.05, 4.69) is 31.4 Å². The molecule has 0 fully saturated rings. The van der Waals surface area contributed by atoms with E-state index >= 15 is 0 Å². The van der Waals surface area contributed by atoms with Crippen molar-refractivity contribution < 1.29 is 4.79 Å². The average Bonchev–Trinajstić information content (AvgIpc) is 2.78. The Kier molecular flexibility index (Phi) is 4.43. The number of carbonyl (C=O) groups excluding carboxylic acids is 1. The molecule has 8 heteroatoms. The van der Waals surface area contributed by atoms with Crippen LogP contribution in [0.3, 0.4) is 0 Å². The number of hydrogen-bond acceptors (Lipinski definition) is 5. The summed E-state index contributed by atoms with van der Waals surface area (Å²) in [5.41, 5.74) is 0.745. The first-order valence-corrected chi connectivity index (χ1v) is 7.11. The van der Waals surface area contributed by atoms with E-state index in [-0.39, 0.29) is 11.2 Å². The summed E-state index contributed by atoms with van der Waals surface area (Å²) >= 11 is 4.59. The zero-order valence-electron chi connectivity index (χ0n) is 10.1. The van der Waals surface area contributed by atoms with Crippen LogP contribution in [0, 0.1) is 0 Å². The molecule has 1 aromatic carbocycles. The average molecular weight is 342 g/mol. The van der Waals surface area contributed by atoms with Crippen molar-refractivity contribution in [3.63, 3.8) is 0 Å². The largest absolute Gasteiger partial charge is 0.336 e. The first kappa shape index (κ1) is 13.9.